The zero-order valence-corrected chi connectivity index (χ0v) is 22.8. The summed E-state index contributed by atoms with van der Waals surface area (Å²) in [6.45, 7) is 8.17. The van der Waals surface area contributed by atoms with Gasteiger partial charge in [0.2, 0.25) is 0 Å². The number of rotatable bonds is 3. The lowest BCUT2D eigenvalue weighted by Crippen LogP contribution is -2.46. The van der Waals surface area contributed by atoms with Crippen LogP contribution in [0.15, 0.2) is 60.7 Å². The predicted octanol–water partition coefficient (Wildman–Crippen LogP) is 8.98. The molecule has 0 spiro atoms. The fraction of sp³-hybridized carbons (Fsp3) is 0.471. The van der Waals surface area contributed by atoms with Crippen molar-refractivity contribution in [3.8, 4) is 11.1 Å². The van der Waals surface area contributed by atoms with Crippen molar-refractivity contribution in [2.24, 2.45) is 11.8 Å². The molecule has 4 unspecified atom stereocenters. The third kappa shape index (κ3) is 3.23. The van der Waals surface area contributed by atoms with Gasteiger partial charge in [-0.15, -0.1) is 0 Å². The van der Waals surface area contributed by atoms with Crippen LogP contribution in [0.3, 0.4) is 0 Å². The zero-order valence-electron chi connectivity index (χ0n) is 21.8. The summed E-state index contributed by atoms with van der Waals surface area (Å²) < 4.78 is 0. The van der Waals surface area contributed by atoms with E-state index in [2.05, 4.69) is 80.7 Å². The highest BCUT2D eigenvalue weighted by atomic mass is 28.3. The van der Waals surface area contributed by atoms with Crippen LogP contribution >= 0.6 is 0 Å². The molecule has 3 aromatic carbocycles. The van der Waals surface area contributed by atoms with Crippen molar-refractivity contribution in [3.05, 3.63) is 94.0 Å². The van der Waals surface area contributed by atoms with Crippen molar-refractivity contribution < 1.29 is 0 Å². The first-order chi connectivity index (χ1) is 17.1. The van der Waals surface area contributed by atoms with E-state index in [1.165, 1.54) is 56.9 Å². The Morgan fingerprint density at radius 1 is 0.714 bits per heavy atom. The highest BCUT2D eigenvalue weighted by Gasteiger charge is 2.54. The van der Waals surface area contributed by atoms with Gasteiger partial charge in [-0.05, 0) is 112 Å². The van der Waals surface area contributed by atoms with E-state index in [1.807, 2.05) is 0 Å². The molecule has 0 nitrogen and oxygen atoms in total. The van der Waals surface area contributed by atoms with Gasteiger partial charge in [-0.25, -0.2) is 0 Å². The Hall–Kier alpha value is -2.12. The van der Waals surface area contributed by atoms with Gasteiger partial charge in [-0.2, -0.15) is 0 Å². The minimum atomic E-state index is -1.67. The second kappa shape index (κ2) is 8.20. The molecular formula is C34H40Si. The Labute approximate surface area is 213 Å². The van der Waals surface area contributed by atoms with E-state index >= 15 is 0 Å². The highest BCUT2D eigenvalue weighted by Crippen LogP contribution is 2.61. The van der Waals surface area contributed by atoms with Crippen LogP contribution in [0, 0.1) is 11.8 Å². The number of aryl methyl sites for hydroxylation is 1. The number of hydrogen-bond acceptors (Lipinski definition) is 0. The second-order valence-corrected chi connectivity index (χ2v) is 17.7. The summed E-state index contributed by atoms with van der Waals surface area (Å²) in [7, 11) is -1.67. The highest BCUT2D eigenvalue weighted by molar-refractivity contribution is 6.80. The van der Waals surface area contributed by atoms with Crippen LogP contribution in [0.25, 0.3) is 11.1 Å². The average Bonchev–Trinajstić information content (AvgIpc) is 3.56. The standard InChI is InChI=1S/C34H40Si/c1-22-20-30-31(21-24-14-11-19-25(24)32(30)23-12-5-4-6-13-23)33(22)35(2,3)34-28-17-9-7-15-26(28)27-16-8-10-18-29(27)34/h4-7,9,12-13,15,17,21-22,27,29,33-34H,8,10-11,14,16,18-20H2,1-3H3/t22?,27?,29-,33?,34?/m0/s1. The molecule has 1 heteroatoms. The van der Waals surface area contributed by atoms with Crippen molar-refractivity contribution in [2.45, 2.75) is 88.4 Å². The lowest BCUT2D eigenvalue weighted by molar-refractivity contribution is 0.317. The number of benzene rings is 3. The number of hydrogen-bond donors (Lipinski definition) is 0. The third-order valence-corrected chi connectivity index (χ3v) is 15.4. The Kier molecular flexibility index (Phi) is 5.18. The maximum absolute atomic E-state index is 2.79. The van der Waals surface area contributed by atoms with Gasteiger partial charge >= 0.3 is 0 Å². The van der Waals surface area contributed by atoms with Gasteiger partial charge in [-0.1, -0.05) is 93.5 Å². The molecule has 0 amide bonds. The van der Waals surface area contributed by atoms with Crippen LogP contribution in [0.1, 0.15) is 89.4 Å². The van der Waals surface area contributed by atoms with Crippen molar-refractivity contribution >= 4 is 8.07 Å². The summed E-state index contributed by atoms with van der Waals surface area (Å²) in [5.74, 6) is 2.47. The van der Waals surface area contributed by atoms with Gasteiger partial charge in [0, 0.05) is 0 Å². The first kappa shape index (κ1) is 22.1. The molecule has 1 fully saturated rings. The van der Waals surface area contributed by atoms with Crippen molar-refractivity contribution in [1.29, 1.82) is 0 Å². The van der Waals surface area contributed by atoms with Gasteiger partial charge in [0.25, 0.3) is 0 Å². The molecule has 0 bridgehead atoms. The first-order valence-electron chi connectivity index (χ1n) is 14.4. The van der Waals surface area contributed by atoms with Gasteiger partial charge in [0.05, 0.1) is 8.07 Å². The van der Waals surface area contributed by atoms with E-state index in [0.29, 0.717) is 0 Å². The molecule has 0 N–H and O–H groups in total. The van der Waals surface area contributed by atoms with E-state index in [1.54, 1.807) is 38.9 Å². The summed E-state index contributed by atoms with van der Waals surface area (Å²) >= 11 is 0. The largest absolute Gasteiger partial charge is 0.0684 e. The van der Waals surface area contributed by atoms with Crippen molar-refractivity contribution in [2.75, 3.05) is 0 Å². The van der Waals surface area contributed by atoms with Crippen molar-refractivity contribution in [3.63, 3.8) is 0 Å². The zero-order chi connectivity index (χ0) is 23.7. The molecule has 0 aliphatic heterocycles. The van der Waals surface area contributed by atoms with Crippen LogP contribution in [0.4, 0.5) is 0 Å². The summed E-state index contributed by atoms with van der Waals surface area (Å²) in [5.41, 5.74) is 15.0. The normalized spacial score (nSPS) is 28.9. The minimum Gasteiger partial charge on any atom is -0.0684 e. The first-order valence-corrected chi connectivity index (χ1v) is 17.5. The van der Waals surface area contributed by atoms with E-state index in [4.69, 9.17) is 0 Å². The molecule has 3 aromatic rings. The van der Waals surface area contributed by atoms with E-state index < -0.39 is 8.07 Å². The molecule has 7 rings (SSSR count). The molecule has 1 saturated carbocycles. The quantitative estimate of drug-likeness (QED) is 0.331. The molecule has 0 radical (unpaired) electrons. The van der Waals surface area contributed by atoms with Crippen LogP contribution in [0.5, 0.6) is 0 Å². The Balaban J connectivity index is 1.39. The topological polar surface area (TPSA) is 0 Å². The number of fused-ring (bicyclic) bond motifs is 5. The van der Waals surface area contributed by atoms with Gasteiger partial charge < -0.3 is 0 Å². The van der Waals surface area contributed by atoms with E-state index in [9.17, 15) is 0 Å². The maximum Gasteiger partial charge on any atom is 0.0635 e. The third-order valence-electron chi connectivity index (χ3n) is 10.6. The predicted molar refractivity (Wildman–Crippen MR) is 151 cm³/mol. The van der Waals surface area contributed by atoms with Crippen LogP contribution in [-0.4, -0.2) is 8.07 Å². The Bertz CT molecular complexity index is 1270. The van der Waals surface area contributed by atoms with Gasteiger partial charge in [0.15, 0.2) is 0 Å². The summed E-state index contributed by atoms with van der Waals surface area (Å²) in [5, 5.41) is 0. The molecular weight excluding hydrogens is 436 g/mol. The lowest BCUT2D eigenvalue weighted by Gasteiger charge is -2.44. The molecule has 180 valence electrons. The van der Waals surface area contributed by atoms with Crippen LogP contribution < -0.4 is 0 Å². The van der Waals surface area contributed by atoms with E-state index in [0.717, 1.165) is 28.8 Å². The molecule has 0 saturated heterocycles. The molecule has 5 atom stereocenters. The van der Waals surface area contributed by atoms with Crippen LogP contribution in [-0.2, 0) is 19.3 Å². The fourth-order valence-corrected chi connectivity index (χ4v) is 15.2. The van der Waals surface area contributed by atoms with E-state index in [-0.39, 0.29) is 0 Å². The molecule has 0 aromatic heterocycles. The SMILES string of the molecule is CC1Cc2c(cc3c(c2-c2ccccc2)CCC3)C1[Si](C)(C)C1c2ccccc2C2CCCC[C@@H]21. The second-order valence-electron chi connectivity index (χ2n) is 12.8. The smallest absolute Gasteiger partial charge is 0.0635 e. The molecule has 4 aliphatic rings. The molecule has 35 heavy (non-hydrogen) atoms. The average molecular weight is 477 g/mol. The summed E-state index contributed by atoms with van der Waals surface area (Å²) in [4.78, 5) is 0. The minimum absolute atomic E-state index is 0.756. The van der Waals surface area contributed by atoms with Crippen LogP contribution in [0.2, 0.25) is 13.1 Å². The van der Waals surface area contributed by atoms with Gasteiger partial charge in [-0.3, -0.25) is 0 Å². The Morgan fingerprint density at radius 2 is 1.46 bits per heavy atom. The monoisotopic (exact) mass is 476 g/mol. The molecule has 4 aliphatic carbocycles. The summed E-state index contributed by atoms with van der Waals surface area (Å²) in [6, 6.07) is 23.8. The Morgan fingerprint density at radius 3 is 2.29 bits per heavy atom. The summed E-state index contributed by atoms with van der Waals surface area (Å²) in [6.07, 6.45) is 10.9. The molecule has 0 heterocycles. The lowest BCUT2D eigenvalue weighted by atomic mass is 9.79. The maximum atomic E-state index is 2.79. The van der Waals surface area contributed by atoms with Gasteiger partial charge in [0.1, 0.15) is 0 Å². The fourth-order valence-electron chi connectivity index (χ4n) is 9.60. The van der Waals surface area contributed by atoms with Crippen molar-refractivity contribution in [1.82, 2.24) is 0 Å².